The van der Waals surface area contributed by atoms with Gasteiger partial charge in [0, 0.05) is 33.3 Å². The van der Waals surface area contributed by atoms with Gasteiger partial charge in [0.2, 0.25) is 0 Å². The molecule has 1 rings (SSSR count). The molecule has 1 fully saturated rings. The van der Waals surface area contributed by atoms with E-state index < -0.39 is 5.60 Å². The Kier molecular flexibility index (Phi) is 4.70. The molecule has 3 N–H and O–H groups in total. The number of hydrogen-bond donors (Lipinski definition) is 2. The van der Waals surface area contributed by atoms with Crippen LogP contribution in [0, 0.1) is 0 Å². The molecule has 94 valence electrons. The summed E-state index contributed by atoms with van der Waals surface area (Å²) in [6.45, 7) is 6.59. The molecular formula is C11H23N3O2. The van der Waals surface area contributed by atoms with Gasteiger partial charge in [0.25, 0.3) is 5.91 Å². The second kappa shape index (κ2) is 5.61. The van der Waals surface area contributed by atoms with Crippen LogP contribution in [0.15, 0.2) is 0 Å². The van der Waals surface area contributed by atoms with Gasteiger partial charge >= 0.3 is 0 Å². The Bertz CT molecular complexity index is 241. The van der Waals surface area contributed by atoms with Crippen molar-refractivity contribution in [1.82, 2.24) is 10.2 Å². The Hall–Kier alpha value is -0.650. The summed E-state index contributed by atoms with van der Waals surface area (Å²) in [5, 5.41) is 3.24. The van der Waals surface area contributed by atoms with Gasteiger partial charge < -0.3 is 20.7 Å². The molecule has 5 nitrogen and oxygen atoms in total. The standard InChI is InChI=1S/C11H23N3O2/c1-4-11(2,16-3)10(15)14-6-5-13-8-9(14)7-12/h9,13H,4-8,12H2,1-3H3. The summed E-state index contributed by atoms with van der Waals surface area (Å²) in [7, 11) is 1.58. The molecule has 1 heterocycles. The van der Waals surface area contributed by atoms with E-state index >= 15 is 0 Å². The van der Waals surface area contributed by atoms with Crippen molar-refractivity contribution < 1.29 is 9.53 Å². The monoisotopic (exact) mass is 229 g/mol. The van der Waals surface area contributed by atoms with Gasteiger partial charge in [0.15, 0.2) is 0 Å². The van der Waals surface area contributed by atoms with Gasteiger partial charge in [-0.25, -0.2) is 0 Å². The number of nitrogens with two attached hydrogens (primary N) is 1. The first-order chi connectivity index (χ1) is 7.59. The number of methoxy groups -OCH3 is 1. The Morgan fingerprint density at radius 3 is 2.88 bits per heavy atom. The second-order valence-corrected chi connectivity index (χ2v) is 4.38. The zero-order valence-electron chi connectivity index (χ0n) is 10.5. The minimum absolute atomic E-state index is 0.0504. The van der Waals surface area contributed by atoms with Crippen molar-refractivity contribution in [3.63, 3.8) is 0 Å². The molecule has 0 radical (unpaired) electrons. The smallest absolute Gasteiger partial charge is 0.254 e. The molecule has 0 saturated carbocycles. The van der Waals surface area contributed by atoms with Crippen molar-refractivity contribution in [2.45, 2.75) is 31.9 Å². The number of amides is 1. The maximum Gasteiger partial charge on any atom is 0.254 e. The minimum atomic E-state index is -0.717. The fraction of sp³-hybridized carbons (Fsp3) is 0.909. The topological polar surface area (TPSA) is 67.6 Å². The Balaban J connectivity index is 2.77. The molecule has 1 saturated heterocycles. The highest BCUT2D eigenvalue weighted by atomic mass is 16.5. The lowest BCUT2D eigenvalue weighted by Crippen LogP contribution is -2.61. The largest absolute Gasteiger partial charge is 0.369 e. The first-order valence-corrected chi connectivity index (χ1v) is 5.86. The van der Waals surface area contributed by atoms with Gasteiger partial charge in [-0.05, 0) is 13.3 Å². The van der Waals surface area contributed by atoms with Gasteiger partial charge in [-0.2, -0.15) is 0 Å². The zero-order chi connectivity index (χ0) is 12.2. The van der Waals surface area contributed by atoms with E-state index in [1.165, 1.54) is 0 Å². The molecule has 0 spiro atoms. The van der Waals surface area contributed by atoms with Crippen molar-refractivity contribution in [2.24, 2.45) is 5.73 Å². The number of piperazine rings is 1. The molecule has 2 unspecified atom stereocenters. The second-order valence-electron chi connectivity index (χ2n) is 4.38. The van der Waals surface area contributed by atoms with Gasteiger partial charge in [-0.15, -0.1) is 0 Å². The number of ether oxygens (including phenoxy) is 1. The molecule has 0 aromatic rings. The van der Waals surface area contributed by atoms with Crippen LogP contribution < -0.4 is 11.1 Å². The molecular weight excluding hydrogens is 206 g/mol. The predicted molar refractivity (Wildman–Crippen MR) is 63.1 cm³/mol. The van der Waals surface area contributed by atoms with E-state index in [-0.39, 0.29) is 11.9 Å². The van der Waals surface area contributed by atoms with Crippen LogP contribution in [0.5, 0.6) is 0 Å². The lowest BCUT2D eigenvalue weighted by Gasteiger charge is -2.40. The molecule has 1 aliphatic heterocycles. The highest BCUT2D eigenvalue weighted by Crippen LogP contribution is 2.19. The normalized spacial score (nSPS) is 25.2. The van der Waals surface area contributed by atoms with Gasteiger partial charge in [-0.3, -0.25) is 4.79 Å². The van der Waals surface area contributed by atoms with E-state index in [0.717, 1.165) is 13.1 Å². The van der Waals surface area contributed by atoms with Crippen LogP contribution in [-0.2, 0) is 9.53 Å². The van der Waals surface area contributed by atoms with Crippen LogP contribution in [0.25, 0.3) is 0 Å². The van der Waals surface area contributed by atoms with E-state index in [2.05, 4.69) is 5.32 Å². The van der Waals surface area contributed by atoms with Crippen LogP contribution >= 0.6 is 0 Å². The number of nitrogens with zero attached hydrogens (tertiary/aromatic N) is 1. The Morgan fingerprint density at radius 2 is 2.38 bits per heavy atom. The molecule has 0 aromatic carbocycles. The summed E-state index contributed by atoms with van der Waals surface area (Å²) in [5.74, 6) is 0.0504. The number of rotatable bonds is 4. The van der Waals surface area contributed by atoms with Crippen molar-refractivity contribution in [2.75, 3.05) is 33.3 Å². The lowest BCUT2D eigenvalue weighted by atomic mass is 9.99. The first kappa shape index (κ1) is 13.4. The van der Waals surface area contributed by atoms with Gasteiger partial charge in [-0.1, -0.05) is 6.92 Å². The fourth-order valence-corrected chi connectivity index (χ4v) is 1.93. The van der Waals surface area contributed by atoms with E-state index in [0.29, 0.717) is 19.5 Å². The molecule has 5 heteroatoms. The quantitative estimate of drug-likeness (QED) is 0.686. The van der Waals surface area contributed by atoms with Crippen molar-refractivity contribution in [1.29, 1.82) is 0 Å². The van der Waals surface area contributed by atoms with Crippen molar-refractivity contribution >= 4 is 5.91 Å². The van der Waals surface area contributed by atoms with Crippen LogP contribution in [-0.4, -0.2) is 55.7 Å². The fourth-order valence-electron chi connectivity index (χ4n) is 1.93. The number of carbonyl (C=O) groups excluding carboxylic acids is 1. The van der Waals surface area contributed by atoms with Crippen LogP contribution in [0.1, 0.15) is 20.3 Å². The minimum Gasteiger partial charge on any atom is -0.369 e. The van der Waals surface area contributed by atoms with Crippen LogP contribution in [0.4, 0.5) is 0 Å². The average Bonchev–Trinajstić information content (AvgIpc) is 2.36. The van der Waals surface area contributed by atoms with E-state index in [9.17, 15) is 4.79 Å². The Morgan fingerprint density at radius 1 is 1.69 bits per heavy atom. The molecule has 2 atom stereocenters. The SMILES string of the molecule is CCC(C)(OC)C(=O)N1CCNCC1CN. The van der Waals surface area contributed by atoms with Crippen LogP contribution in [0.3, 0.4) is 0 Å². The number of nitrogens with one attached hydrogen (secondary N) is 1. The van der Waals surface area contributed by atoms with E-state index in [4.69, 9.17) is 10.5 Å². The lowest BCUT2D eigenvalue weighted by molar-refractivity contribution is -0.156. The average molecular weight is 229 g/mol. The molecule has 16 heavy (non-hydrogen) atoms. The summed E-state index contributed by atoms with van der Waals surface area (Å²) in [4.78, 5) is 14.2. The van der Waals surface area contributed by atoms with Crippen LogP contribution in [0.2, 0.25) is 0 Å². The third-order valence-electron chi connectivity index (χ3n) is 3.46. The highest BCUT2D eigenvalue weighted by molar-refractivity contribution is 5.85. The van der Waals surface area contributed by atoms with Gasteiger partial charge in [0.05, 0.1) is 6.04 Å². The Labute approximate surface area is 97.3 Å². The maximum absolute atomic E-state index is 12.4. The predicted octanol–water partition coefficient (Wildman–Crippen LogP) is -0.439. The zero-order valence-corrected chi connectivity index (χ0v) is 10.5. The number of hydrogen-bond acceptors (Lipinski definition) is 4. The number of carbonyl (C=O) groups is 1. The van der Waals surface area contributed by atoms with Crippen molar-refractivity contribution in [3.05, 3.63) is 0 Å². The summed E-state index contributed by atoms with van der Waals surface area (Å²) >= 11 is 0. The molecule has 0 aromatic heterocycles. The molecule has 0 bridgehead atoms. The van der Waals surface area contributed by atoms with Gasteiger partial charge in [0.1, 0.15) is 5.60 Å². The summed E-state index contributed by atoms with van der Waals surface area (Å²) in [5.41, 5.74) is 4.97. The first-order valence-electron chi connectivity index (χ1n) is 5.86. The molecule has 1 aliphatic rings. The highest BCUT2D eigenvalue weighted by Gasteiger charge is 2.38. The van der Waals surface area contributed by atoms with E-state index in [1.807, 2.05) is 18.7 Å². The third-order valence-corrected chi connectivity index (χ3v) is 3.46. The molecule has 0 aliphatic carbocycles. The summed E-state index contributed by atoms with van der Waals surface area (Å²) in [6, 6.07) is 0.0854. The summed E-state index contributed by atoms with van der Waals surface area (Å²) in [6.07, 6.45) is 0.670. The summed E-state index contributed by atoms with van der Waals surface area (Å²) < 4.78 is 5.34. The third kappa shape index (κ3) is 2.53. The van der Waals surface area contributed by atoms with E-state index in [1.54, 1.807) is 7.11 Å². The molecule has 1 amide bonds. The van der Waals surface area contributed by atoms with Crippen molar-refractivity contribution in [3.8, 4) is 0 Å². The maximum atomic E-state index is 12.4.